The average molecular weight is 661 g/mol. The Morgan fingerprint density at radius 1 is 1.15 bits per heavy atom. The van der Waals surface area contributed by atoms with Gasteiger partial charge in [-0.05, 0) is 74.1 Å². The summed E-state index contributed by atoms with van der Waals surface area (Å²) in [7, 11) is -1.33. The van der Waals surface area contributed by atoms with Crippen molar-refractivity contribution >= 4 is 28.6 Å². The van der Waals surface area contributed by atoms with Gasteiger partial charge in [-0.25, -0.2) is 8.51 Å². The van der Waals surface area contributed by atoms with E-state index in [2.05, 4.69) is 28.8 Å². The average Bonchev–Trinajstić information content (AvgIpc) is 3.34. The minimum atomic E-state index is -4.61. The lowest BCUT2D eigenvalue weighted by Crippen LogP contribution is -2.49. The van der Waals surface area contributed by atoms with Crippen LogP contribution < -0.4 is 15.4 Å². The third kappa shape index (κ3) is 8.92. The van der Waals surface area contributed by atoms with Gasteiger partial charge in [0.2, 0.25) is 0 Å². The van der Waals surface area contributed by atoms with Gasteiger partial charge in [0, 0.05) is 36.5 Å². The number of benzene rings is 2. The highest BCUT2D eigenvalue weighted by atomic mass is 32.2. The third-order valence-electron chi connectivity index (χ3n) is 7.83. The van der Waals surface area contributed by atoms with Crippen LogP contribution in [0.25, 0.3) is 0 Å². The minimum absolute atomic E-state index is 0.0212. The zero-order valence-corrected chi connectivity index (χ0v) is 26.6. The first-order chi connectivity index (χ1) is 22.0. The summed E-state index contributed by atoms with van der Waals surface area (Å²) in [6, 6.07) is 8.71. The van der Waals surface area contributed by atoms with E-state index in [1.54, 1.807) is 28.6 Å². The van der Waals surface area contributed by atoms with Crippen LogP contribution in [0.1, 0.15) is 51.9 Å². The van der Waals surface area contributed by atoms with Gasteiger partial charge >= 0.3 is 6.18 Å². The molecule has 2 aliphatic rings. The van der Waals surface area contributed by atoms with Gasteiger partial charge in [0.15, 0.2) is 0 Å². The maximum atomic E-state index is 13.6. The molecule has 2 amide bonds. The minimum Gasteiger partial charge on any atom is -0.493 e. The molecule has 2 aliphatic heterocycles. The number of carbonyl (C=O) groups is 2. The van der Waals surface area contributed by atoms with Crippen molar-refractivity contribution in [1.29, 1.82) is 0 Å². The van der Waals surface area contributed by atoms with E-state index >= 15 is 0 Å². The second kappa shape index (κ2) is 15.7. The van der Waals surface area contributed by atoms with Crippen molar-refractivity contribution in [3.05, 3.63) is 89.5 Å². The van der Waals surface area contributed by atoms with Crippen molar-refractivity contribution < 1.29 is 36.4 Å². The number of halogens is 3. The Bertz CT molecular complexity index is 1500. The molecule has 13 heteroatoms. The highest BCUT2D eigenvalue weighted by molar-refractivity contribution is 7.82. The summed E-state index contributed by atoms with van der Waals surface area (Å²) in [4.78, 5) is 30.1. The first-order valence-corrected chi connectivity index (χ1v) is 16.3. The second-order valence-electron chi connectivity index (χ2n) is 11.1. The third-order valence-corrected chi connectivity index (χ3v) is 9.33. The van der Waals surface area contributed by atoms with Gasteiger partial charge in [0.05, 0.1) is 36.4 Å². The van der Waals surface area contributed by atoms with Crippen LogP contribution >= 0.6 is 0 Å². The molecule has 0 aliphatic carbocycles. The maximum absolute atomic E-state index is 13.6. The van der Waals surface area contributed by atoms with Crippen molar-refractivity contribution in [2.75, 3.05) is 45.2 Å². The summed E-state index contributed by atoms with van der Waals surface area (Å²) in [5.41, 5.74) is 0.489. The SMILES string of the molecule is C=CCCOc1cc(C2=NC3(CCN(S(=O)CCc4ccc(C(=O)NCCOCC=C)cc4C)CC3)C(=O)N2)cc(C(F)(F)F)c1. The van der Waals surface area contributed by atoms with Crippen molar-refractivity contribution in [3.63, 3.8) is 0 Å². The van der Waals surface area contributed by atoms with E-state index in [1.807, 2.05) is 13.0 Å². The first-order valence-electron chi connectivity index (χ1n) is 15.0. The highest BCUT2D eigenvalue weighted by Gasteiger charge is 2.47. The van der Waals surface area contributed by atoms with E-state index in [4.69, 9.17) is 9.47 Å². The number of nitrogens with one attached hydrogen (secondary N) is 2. The molecule has 2 aromatic carbocycles. The predicted octanol–water partition coefficient (Wildman–Crippen LogP) is 4.52. The summed E-state index contributed by atoms with van der Waals surface area (Å²) in [6.07, 6.45) is 0.176. The van der Waals surface area contributed by atoms with Crippen LogP contribution in [-0.4, -0.2) is 76.9 Å². The van der Waals surface area contributed by atoms with E-state index in [9.17, 15) is 27.0 Å². The molecule has 0 saturated carbocycles. The molecule has 2 aromatic rings. The Balaban J connectivity index is 1.34. The van der Waals surface area contributed by atoms with Crippen LogP contribution in [0, 0.1) is 6.92 Å². The van der Waals surface area contributed by atoms with Gasteiger partial charge < -0.3 is 20.1 Å². The number of hydrogen-bond acceptors (Lipinski definition) is 6. The summed E-state index contributed by atoms with van der Waals surface area (Å²) in [5.74, 6) is -0.140. The van der Waals surface area contributed by atoms with Crippen LogP contribution in [-0.2, 0) is 33.1 Å². The highest BCUT2D eigenvalue weighted by Crippen LogP contribution is 2.35. The number of amides is 2. The zero-order chi connectivity index (χ0) is 33.3. The number of ether oxygens (including phenoxy) is 2. The second-order valence-corrected chi connectivity index (χ2v) is 12.6. The van der Waals surface area contributed by atoms with Crippen molar-refractivity contribution in [1.82, 2.24) is 14.9 Å². The number of aliphatic imine (C=N–C) groups is 1. The Morgan fingerprint density at radius 3 is 2.59 bits per heavy atom. The first kappa shape index (κ1) is 35.1. The smallest absolute Gasteiger partial charge is 0.416 e. The largest absolute Gasteiger partial charge is 0.493 e. The van der Waals surface area contributed by atoms with Gasteiger partial charge in [-0.2, -0.15) is 13.2 Å². The summed E-state index contributed by atoms with van der Waals surface area (Å²) in [6.45, 7) is 11.1. The fraction of sp³-hybridized carbons (Fsp3) is 0.424. The molecule has 1 spiro atoms. The van der Waals surface area contributed by atoms with Crippen molar-refractivity contribution in [2.24, 2.45) is 4.99 Å². The van der Waals surface area contributed by atoms with Gasteiger partial charge in [-0.3, -0.25) is 14.6 Å². The zero-order valence-electron chi connectivity index (χ0n) is 25.8. The molecule has 0 aromatic heterocycles. The summed E-state index contributed by atoms with van der Waals surface area (Å²) in [5, 5.41) is 5.48. The molecular weight excluding hydrogens is 621 g/mol. The van der Waals surface area contributed by atoms with Gasteiger partial charge in [-0.1, -0.05) is 18.2 Å². The fourth-order valence-electron chi connectivity index (χ4n) is 5.24. The molecule has 1 atom stereocenters. The lowest BCUT2D eigenvalue weighted by atomic mass is 9.89. The normalized spacial score (nSPS) is 16.9. The van der Waals surface area contributed by atoms with E-state index in [1.165, 1.54) is 6.07 Å². The number of amidine groups is 1. The van der Waals surface area contributed by atoms with Crippen molar-refractivity contribution in [2.45, 2.75) is 44.3 Å². The predicted molar refractivity (Wildman–Crippen MR) is 171 cm³/mol. The number of alkyl halides is 3. The van der Waals surface area contributed by atoms with Crippen LogP contribution in [0.15, 0.2) is 66.7 Å². The quantitative estimate of drug-likeness (QED) is 0.216. The van der Waals surface area contributed by atoms with Gasteiger partial charge in [0.1, 0.15) is 17.1 Å². The number of piperidine rings is 1. The molecule has 0 bridgehead atoms. The number of aryl methyl sites for hydroxylation is 2. The van der Waals surface area contributed by atoms with E-state index in [0.717, 1.165) is 23.3 Å². The summed E-state index contributed by atoms with van der Waals surface area (Å²) < 4.78 is 66.6. The van der Waals surface area contributed by atoms with Gasteiger partial charge in [0.25, 0.3) is 11.8 Å². The summed E-state index contributed by atoms with van der Waals surface area (Å²) >= 11 is 0. The number of rotatable bonds is 15. The fourth-order valence-corrected chi connectivity index (χ4v) is 6.49. The number of hydrogen-bond donors (Lipinski definition) is 2. The lowest BCUT2D eigenvalue weighted by Gasteiger charge is -2.34. The molecule has 248 valence electrons. The Kier molecular flexibility index (Phi) is 11.9. The van der Waals surface area contributed by atoms with E-state index < -0.39 is 28.3 Å². The van der Waals surface area contributed by atoms with Crippen molar-refractivity contribution in [3.8, 4) is 5.75 Å². The molecular formula is C33H39F3N4O5S. The Morgan fingerprint density at radius 2 is 1.91 bits per heavy atom. The van der Waals surface area contributed by atoms with Crippen LogP contribution in [0.3, 0.4) is 0 Å². The van der Waals surface area contributed by atoms with Gasteiger partial charge in [-0.15, -0.1) is 13.2 Å². The molecule has 1 fully saturated rings. The van der Waals surface area contributed by atoms with E-state index in [0.29, 0.717) is 57.0 Å². The Hall–Kier alpha value is -3.81. The molecule has 2 N–H and O–H groups in total. The molecule has 46 heavy (non-hydrogen) atoms. The topological polar surface area (TPSA) is 109 Å². The molecule has 1 saturated heterocycles. The van der Waals surface area contributed by atoms with Crippen LogP contribution in [0.4, 0.5) is 13.2 Å². The van der Waals surface area contributed by atoms with Crippen LogP contribution in [0.5, 0.6) is 5.75 Å². The molecule has 1 unspecified atom stereocenters. The molecule has 2 heterocycles. The standard InChI is InChI=1S/C33H39F3N4O5S/c1-4-6-16-45-28-21-26(20-27(22-28)33(34,35)36)29-38-31(42)32(39-29)10-13-40(14-11-32)46(43)18-9-24-7-8-25(19-23(24)3)30(41)37-12-17-44-15-5-2/h4-5,7-8,19-22H,1-2,6,9-18H2,3H3,(H,37,41)(H,38,39,42). The Labute approximate surface area is 269 Å². The monoisotopic (exact) mass is 660 g/mol. The lowest BCUT2D eigenvalue weighted by molar-refractivity contribution is -0.137. The molecule has 0 radical (unpaired) electrons. The number of carbonyl (C=O) groups excluding carboxylic acids is 2. The molecule has 4 rings (SSSR count). The maximum Gasteiger partial charge on any atom is 0.416 e. The number of nitrogens with zero attached hydrogens (tertiary/aromatic N) is 2. The molecule has 9 nitrogen and oxygen atoms in total. The van der Waals surface area contributed by atoms with E-state index in [-0.39, 0.29) is 48.4 Å². The van der Waals surface area contributed by atoms with Crippen LogP contribution in [0.2, 0.25) is 0 Å².